The number of urea groups is 1. The van der Waals surface area contributed by atoms with Gasteiger partial charge in [0.15, 0.2) is 0 Å². The molecule has 1 N–H and O–H groups in total. The summed E-state index contributed by atoms with van der Waals surface area (Å²) >= 11 is 0. The number of carboxylic acid groups (broad SMARTS) is 1. The van der Waals surface area contributed by atoms with Gasteiger partial charge in [-0.1, -0.05) is 19.1 Å². The van der Waals surface area contributed by atoms with Crippen molar-refractivity contribution in [2.24, 2.45) is 5.92 Å². The minimum absolute atomic E-state index is 0.129. The number of aliphatic carboxylic acids is 1. The van der Waals surface area contributed by atoms with E-state index in [-0.39, 0.29) is 12.6 Å². The van der Waals surface area contributed by atoms with Gasteiger partial charge in [-0.15, -0.1) is 0 Å². The van der Waals surface area contributed by atoms with Crippen LogP contribution < -0.4 is 0 Å². The highest BCUT2D eigenvalue weighted by molar-refractivity contribution is 5.76. The third-order valence-corrected chi connectivity index (χ3v) is 2.68. The maximum Gasteiger partial charge on any atom is 0.320 e. The molecule has 18 heavy (non-hydrogen) atoms. The molecular weight excluding hydrogens is 232 g/mol. The third kappa shape index (κ3) is 5.21. The van der Waals surface area contributed by atoms with E-state index in [1.807, 2.05) is 20.8 Å². The zero-order valence-electron chi connectivity index (χ0n) is 11.8. The van der Waals surface area contributed by atoms with Gasteiger partial charge in [0.2, 0.25) is 0 Å². The first kappa shape index (κ1) is 16.5. The average Bonchev–Trinajstić information content (AvgIpc) is 2.31. The molecule has 1 atom stereocenters. The first-order valence-corrected chi connectivity index (χ1v) is 6.24. The number of rotatable bonds is 7. The van der Waals surface area contributed by atoms with Crippen LogP contribution in [0.25, 0.3) is 0 Å². The normalized spacial score (nSPS) is 11.8. The second-order valence-corrected chi connectivity index (χ2v) is 4.53. The Morgan fingerprint density at radius 1 is 1.22 bits per heavy atom. The fraction of sp³-hybridized carbons (Fsp3) is 0.692. The topological polar surface area (TPSA) is 60.9 Å². The van der Waals surface area contributed by atoms with Gasteiger partial charge in [-0.2, -0.15) is 0 Å². The maximum atomic E-state index is 12.2. The standard InChI is InChI=1S/C13H24N2O3/c1-6-14(8-10(3)4)13(18)15(7-2)9-11(5)12(16)17/h11H,3,6-9H2,1-2,4-5H3,(H,16,17). The Hall–Kier alpha value is -1.52. The number of nitrogens with zero attached hydrogens (tertiary/aromatic N) is 2. The SMILES string of the molecule is C=C(C)CN(CC)C(=O)N(CC)CC(C)C(=O)O. The van der Waals surface area contributed by atoms with Crippen LogP contribution in [0.3, 0.4) is 0 Å². The van der Waals surface area contributed by atoms with Crippen LogP contribution in [0, 0.1) is 5.92 Å². The van der Waals surface area contributed by atoms with Crippen LogP contribution in [-0.4, -0.2) is 53.1 Å². The molecular formula is C13H24N2O3. The van der Waals surface area contributed by atoms with Gasteiger partial charge < -0.3 is 14.9 Å². The Balaban J connectivity index is 4.66. The lowest BCUT2D eigenvalue weighted by atomic mass is 10.2. The van der Waals surface area contributed by atoms with Crippen LogP contribution in [0.1, 0.15) is 27.7 Å². The summed E-state index contributed by atoms with van der Waals surface area (Å²) in [5.41, 5.74) is 0.910. The molecule has 5 heteroatoms. The second kappa shape index (κ2) is 7.74. The van der Waals surface area contributed by atoms with E-state index in [4.69, 9.17) is 5.11 Å². The zero-order chi connectivity index (χ0) is 14.3. The highest BCUT2D eigenvalue weighted by Gasteiger charge is 2.22. The van der Waals surface area contributed by atoms with Gasteiger partial charge in [-0.3, -0.25) is 4.79 Å². The van der Waals surface area contributed by atoms with Crippen LogP contribution >= 0.6 is 0 Å². The minimum Gasteiger partial charge on any atom is -0.481 e. The maximum absolute atomic E-state index is 12.2. The Morgan fingerprint density at radius 2 is 1.72 bits per heavy atom. The summed E-state index contributed by atoms with van der Waals surface area (Å²) in [6.45, 7) is 12.8. The van der Waals surface area contributed by atoms with E-state index >= 15 is 0 Å². The monoisotopic (exact) mass is 256 g/mol. The van der Waals surface area contributed by atoms with Crippen molar-refractivity contribution in [3.05, 3.63) is 12.2 Å². The molecule has 0 aliphatic rings. The van der Waals surface area contributed by atoms with Crippen molar-refractivity contribution in [3.63, 3.8) is 0 Å². The fourth-order valence-corrected chi connectivity index (χ4v) is 1.59. The third-order valence-electron chi connectivity index (χ3n) is 2.68. The summed E-state index contributed by atoms with van der Waals surface area (Å²) in [6, 6.07) is -0.129. The van der Waals surface area contributed by atoms with Crippen LogP contribution in [0.5, 0.6) is 0 Å². The van der Waals surface area contributed by atoms with Crippen LogP contribution in [0.15, 0.2) is 12.2 Å². The molecule has 0 aromatic rings. The molecule has 0 aliphatic heterocycles. The highest BCUT2D eigenvalue weighted by Crippen LogP contribution is 2.06. The molecule has 0 saturated carbocycles. The molecule has 0 saturated heterocycles. The van der Waals surface area contributed by atoms with E-state index in [0.29, 0.717) is 19.6 Å². The summed E-state index contributed by atoms with van der Waals surface area (Å²) in [5.74, 6) is -1.44. The molecule has 0 aromatic heterocycles. The molecule has 104 valence electrons. The van der Waals surface area contributed by atoms with Gasteiger partial charge in [0.1, 0.15) is 0 Å². The van der Waals surface area contributed by atoms with Gasteiger partial charge in [-0.05, 0) is 20.8 Å². The first-order valence-electron chi connectivity index (χ1n) is 6.24. The summed E-state index contributed by atoms with van der Waals surface area (Å²) in [4.78, 5) is 26.3. The van der Waals surface area contributed by atoms with Crippen molar-refractivity contribution in [2.75, 3.05) is 26.2 Å². The van der Waals surface area contributed by atoms with Gasteiger partial charge in [0, 0.05) is 26.2 Å². The van der Waals surface area contributed by atoms with Crippen molar-refractivity contribution in [2.45, 2.75) is 27.7 Å². The van der Waals surface area contributed by atoms with Gasteiger partial charge in [0.05, 0.1) is 5.92 Å². The molecule has 0 radical (unpaired) electrons. The summed E-state index contributed by atoms with van der Waals surface area (Å²) in [5, 5.41) is 8.88. The van der Waals surface area contributed by atoms with Crippen molar-refractivity contribution in [3.8, 4) is 0 Å². The second-order valence-electron chi connectivity index (χ2n) is 4.53. The summed E-state index contributed by atoms with van der Waals surface area (Å²) < 4.78 is 0. The Kier molecular flexibility index (Phi) is 7.08. The Morgan fingerprint density at radius 3 is 2.06 bits per heavy atom. The van der Waals surface area contributed by atoms with Crippen molar-refractivity contribution in [1.29, 1.82) is 0 Å². The number of carboxylic acids is 1. The smallest absolute Gasteiger partial charge is 0.320 e. The van der Waals surface area contributed by atoms with Crippen LogP contribution in [0.4, 0.5) is 4.79 Å². The lowest BCUT2D eigenvalue weighted by molar-refractivity contribution is -0.141. The van der Waals surface area contributed by atoms with E-state index < -0.39 is 11.9 Å². The van der Waals surface area contributed by atoms with E-state index in [1.165, 1.54) is 0 Å². The Labute approximate surface area is 109 Å². The molecule has 2 amide bonds. The van der Waals surface area contributed by atoms with Crippen molar-refractivity contribution < 1.29 is 14.7 Å². The number of carbonyl (C=O) groups excluding carboxylic acids is 1. The largest absolute Gasteiger partial charge is 0.481 e. The fourth-order valence-electron chi connectivity index (χ4n) is 1.59. The lowest BCUT2D eigenvalue weighted by Gasteiger charge is -2.30. The molecule has 1 unspecified atom stereocenters. The average molecular weight is 256 g/mol. The number of amides is 2. The quantitative estimate of drug-likeness (QED) is 0.709. The van der Waals surface area contributed by atoms with E-state index in [1.54, 1.807) is 16.7 Å². The van der Waals surface area contributed by atoms with Crippen molar-refractivity contribution >= 4 is 12.0 Å². The Bertz CT molecular complexity index is 315. The predicted octanol–water partition coefficient (Wildman–Crippen LogP) is 2.05. The number of likely N-dealkylation sites (N-methyl/N-ethyl adjacent to an activating group) is 1. The highest BCUT2D eigenvalue weighted by atomic mass is 16.4. The van der Waals surface area contributed by atoms with Crippen LogP contribution in [0.2, 0.25) is 0 Å². The summed E-state index contributed by atoms with van der Waals surface area (Å²) in [6.07, 6.45) is 0. The first-order chi connectivity index (χ1) is 8.33. The molecule has 0 spiro atoms. The molecule has 0 aromatic carbocycles. The molecule has 0 heterocycles. The molecule has 0 fully saturated rings. The molecule has 0 bridgehead atoms. The van der Waals surface area contributed by atoms with Gasteiger partial charge in [0.25, 0.3) is 0 Å². The van der Waals surface area contributed by atoms with E-state index in [2.05, 4.69) is 6.58 Å². The number of hydrogen-bond acceptors (Lipinski definition) is 2. The van der Waals surface area contributed by atoms with Gasteiger partial charge >= 0.3 is 12.0 Å². The summed E-state index contributed by atoms with van der Waals surface area (Å²) in [7, 11) is 0. The minimum atomic E-state index is -0.885. The lowest BCUT2D eigenvalue weighted by Crippen LogP contribution is -2.46. The molecule has 0 aliphatic carbocycles. The zero-order valence-corrected chi connectivity index (χ0v) is 11.8. The van der Waals surface area contributed by atoms with E-state index in [9.17, 15) is 9.59 Å². The number of carbonyl (C=O) groups is 2. The molecule has 5 nitrogen and oxygen atoms in total. The predicted molar refractivity (Wildman–Crippen MR) is 71.5 cm³/mol. The van der Waals surface area contributed by atoms with Gasteiger partial charge in [-0.25, -0.2) is 4.79 Å². The molecule has 0 rings (SSSR count). The van der Waals surface area contributed by atoms with Crippen molar-refractivity contribution in [1.82, 2.24) is 9.80 Å². The van der Waals surface area contributed by atoms with E-state index in [0.717, 1.165) is 5.57 Å². The number of hydrogen-bond donors (Lipinski definition) is 1. The van der Waals surface area contributed by atoms with Crippen LogP contribution in [-0.2, 0) is 4.79 Å².